The molecule has 1 aliphatic heterocycles. The number of nitrogens with zero attached hydrogens (tertiary/aromatic N) is 3. The van der Waals surface area contributed by atoms with Crippen molar-refractivity contribution in [2.75, 3.05) is 13.1 Å². The molecule has 0 atom stereocenters. The number of carboxylic acids is 1. The zero-order chi connectivity index (χ0) is 13.3. The Morgan fingerprint density at radius 2 is 2.22 bits per heavy atom. The maximum Gasteiger partial charge on any atom is 0.335 e. The van der Waals surface area contributed by atoms with Gasteiger partial charge in [0.05, 0.1) is 17.6 Å². The Labute approximate surface area is 103 Å². The van der Waals surface area contributed by atoms with Crippen LogP contribution in [0.15, 0.2) is 23.4 Å². The fourth-order valence-corrected chi connectivity index (χ4v) is 3.02. The molecule has 0 unspecified atom stereocenters. The van der Waals surface area contributed by atoms with Crippen molar-refractivity contribution in [2.45, 2.75) is 5.03 Å². The van der Waals surface area contributed by atoms with Crippen LogP contribution in [-0.4, -0.2) is 41.9 Å². The van der Waals surface area contributed by atoms with Crippen molar-refractivity contribution in [2.24, 2.45) is 5.92 Å². The third-order valence-corrected chi connectivity index (χ3v) is 4.35. The van der Waals surface area contributed by atoms with Gasteiger partial charge in [-0.2, -0.15) is 9.57 Å². The molecule has 1 aliphatic rings. The van der Waals surface area contributed by atoms with Crippen LogP contribution in [0.25, 0.3) is 0 Å². The molecule has 0 radical (unpaired) electrons. The molecule has 8 heteroatoms. The molecule has 1 saturated heterocycles. The van der Waals surface area contributed by atoms with E-state index in [-0.39, 0.29) is 29.6 Å². The van der Waals surface area contributed by atoms with Gasteiger partial charge in [-0.05, 0) is 12.1 Å². The van der Waals surface area contributed by atoms with Gasteiger partial charge < -0.3 is 5.11 Å². The van der Waals surface area contributed by atoms with Gasteiger partial charge in [0.1, 0.15) is 0 Å². The lowest BCUT2D eigenvalue weighted by molar-refractivity contribution is 0.0696. The number of carboxylic acid groups (broad SMARTS) is 1. The third kappa shape index (κ3) is 2.05. The number of aromatic carboxylic acids is 1. The zero-order valence-electron chi connectivity index (χ0n) is 9.15. The molecule has 2 rings (SSSR count). The number of rotatable bonds is 3. The summed E-state index contributed by atoms with van der Waals surface area (Å²) in [5, 5.41) is 17.1. The van der Waals surface area contributed by atoms with Gasteiger partial charge in [0.2, 0.25) is 0 Å². The van der Waals surface area contributed by atoms with Gasteiger partial charge in [0, 0.05) is 19.3 Å². The molecular formula is C10H9N3O4S. The van der Waals surface area contributed by atoms with Crippen LogP contribution < -0.4 is 0 Å². The average Bonchev–Trinajstić information content (AvgIpc) is 2.27. The molecular weight excluding hydrogens is 258 g/mol. The molecule has 0 bridgehead atoms. The van der Waals surface area contributed by atoms with E-state index in [1.54, 1.807) is 0 Å². The molecule has 0 aliphatic carbocycles. The summed E-state index contributed by atoms with van der Waals surface area (Å²) >= 11 is 0. The van der Waals surface area contributed by atoms with Crippen LogP contribution in [0.5, 0.6) is 0 Å². The minimum Gasteiger partial charge on any atom is -0.478 e. The van der Waals surface area contributed by atoms with Crippen LogP contribution >= 0.6 is 0 Å². The number of nitriles is 1. The lowest BCUT2D eigenvalue weighted by Gasteiger charge is -2.33. The highest BCUT2D eigenvalue weighted by atomic mass is 32.2. The Morgan fingerprint density at radius 3 is 2.78 bits per heavy atom. The lowest BCUT2D eigenvalue weighted by Crippen LogP contribution is -2.49. The van der Waals surface area contributed by atoms with Crippen molar-refractivity contribution in [1.29, 1.82) is 5.26 Å². The molecule has 0 aromatic carbocycles. The second-order valence-corrected chi connectivity index (χ2v) is 5.72. The van der Waals surface area contributed by atoms with Crippen molar-refractivity contribution in [3.63, 3.8) is 0 Å². The first kappa shape index (κ1) is 12.5. The highest BCUT2D eigenvalue weighted by Crippen LogP contribution is 2.23. The summed E-state index contributed by atoms with van der Waals surface area (Å²) in [5.74, 6) is -1.52. The summed E-state index contributed by atoms with van der Waals surface area (Å²) in [7, 11) is -3.79. The molecule has 94 valence electrons. The van der Waals surface area contributed by atoms with E-state index in [2.05, 4.69) is 4.98 Å². The number of hydrogen-bond acceptors (Lipinski definition) is 5. The SMILES string of the molecule is N#CC1CN(S(=O)(=O)c2cc(C(=O)O)ccn2)C1. The standard InChI is InChI=1S/C10H9N3O4S/c11-4-7-5-13(6-7)18(16,17)9-3-8(10(14)15)1-2-12-9/h1-3,7H,5-6H2,(H,14,15). The first-order chi connectivity index (χ1) is 8.45. The fourth-order valence-electron chi connectivity index (χ4n) is 1.53. The Hall–Kier alpha value is -1.98. The zero-order valence-corrected chi connectivity index (χ0v) is 9.96. The molecule has 1 aromatic heterocycles. The van der Waals surface area contributed by atoms with Crippen LogP contribution in [-0.2, 0) is 10.0 Å². The van der Waals surface area contributed by atoms with Gasteiger partial charge in [-0.25, -0.2) is 18.2 Å². The van der Waals surface area contributed by atoms with Crippen molar-refractivity contribution in [1.82, 2.24) is 9.29 Å². The molecule has 18 heavy (non-hydrogen) atoms. The molecule has 2 heterocycles. The van der Waals surface area contributed by atoms with Gasteiger partial charge in [0.25, 0.3) is 10.0 Å². The van der Waals surface area contributed by atoms with E-state index in [9.17, 15) is 13.2 Å². The maximum absolute atomic E-state index is 12.0. The molecule has 0 spiro atoms. The number of sulfonamides is 1. The minimum atomic E-state index is -3.79. The summed E-state index contributed by atoms with van der Waals surface area (Å²) < 4.78 is 25.1. The number of aromatic nitrogens is 1. The summed E-state index contributed by atoms with van der Waals surface area (Å²) in [6.45, 7) is 0.246. The highest BCUT2D eigenvalue weighted by molar-refractivity contribution is 7.89. The van der Waals surface area contributed by atoms with Gasteiger partial charge in [-0.1, -0.05) is 0 Å². The van der Waals surface area contributed by atoms with E-state index in [0.29, 0.717) is 0 Å². The molecule has 0 saturated carbocycles. The van der Waals surface area contributed by atoms with Crippen LogP contribution in [0.2, 0.25) is 0 Å². The normalized spacial score (nSPS) is 16.8. The average molecular weight is 267 g/mol. The molecule has 7 nitrogen and oxygen atoms in total. The van der Waals surface area contributed by atoms with Crippen LogP contribution in [0.1, 0.15) is 10.4 Å². The van der Waals surface area contributed by atoms with E-state index in [0.717, 1.165) is 16.6 Å². The minimum absolute atomic E-state index is 0.123. The maximum atomic E-state index is 12.0. The van der Waals surface area contributed by atoms with Gasteiger partial charge >= 0.3 is 5.97 Å². The van der Waals surface area contributed by atoms with E-state index < -0.39 is 16.0 Å². The van der Waals surface area contributed by atoms with Gasteiger partial charge in [0.15, 0.2) is 5.03 Å². The van der Waals surface area contributed by atoms with E-state index in [4.69, 9.17) is 10.4 Å². The van der Waals surface area contributed by atoms with E-state index in [1.807, 2.05) is 6.07 Å². The smallest absolute Gasteiger partial charge is 0.335 e. The largest absolute Gasteiger partial charge is 0.478 e. The fraction of sp³-hybridized carbons (Fsp3) is 0.300. The van der Waals surface area contributed by atoms with Crippen molar-refractivity contribution < 1.29 is 18.3 Å². The number of pyridine rings is 1. The quantitative estimate of drug-likeness (QED) is 0.820. The Bertz CT molecular complexity index is 629. The summed E-state index contributed by atoms with van der Waals surface area (Å²) in [4.78, 5) is 14.4. The van der Waals surface area contributed by atoms with Gasteiger partial charge in [-0.3, -0.25) is 0 Å². The Balaban J connectivity index is 2.29. The summed E-state index contributed by atoms with van der Waals surface area (Å²) in [6, 6.07) is 4.19. The van der Waals surface area contributed by atoms with E-state index in [1.165, 1.54) is 6.07 Å². The molecule has 1 N–H and O–H groups in total. The topological polar surface area (TPSA) is 111 Å². The van der Waals surface area contributed by atoms with Crippen molar-refractivity contribution >= 4 is 16.0 Å². The molecule has 1 aromatic rings. The van der Waals surface area contributed by atoms with Crippen LogP contribution in [0.4, 0.5) is 0 Å². The van der Waals surface area contributed by atoms with Crippen molar-refractivity contribution in [3.8, 4) is 6.07 Å². The second-order valence-electron chi connectivity index (χ2n) is 3.84. The van der Waals surface area contributed by atoms with Crippen LogP contribution in [0.3, 0.4) is 0 Å². The predicted octanol–water partition coefficient (Wildman–Crippen LogP) is -0.0761. The first-order valence-corrected chi connectivity index (χ1v) is 6.48. The number of hydrogen-bond donors (Lipinski definition) is 1. The Morgan fingerprint density at radius 1 is 1.56 bits per heavy atom. The highest BCUT2D eigenvalue weighted by Gasteiger charge is 2.37. The Kier molecular flexibility index (Phi) is 3.02. The predicted molar refractivity (Wildman–Crippen MR) is 59.1 cm³/mol. The lowest BCUT2D eigenvalue weighted by atomic mass is 10.1. The van der Waals surface area contributed by atoms with E-state index >= 15 is 0 Å². The number of carbonyl (C=O) groups is 1. The molecule has 1 fully saturated rings. The third-order valence-electron chi connectivity index (χ3n) is 2.62. The molecule has 0 amide bonds. The second kappa shape index (κ2) is 4.36. The van der Waals surface area contributed by atoms with Crippen LogP contribution in [0, 0.1) is 17.2 Å². The van der Waals surface area contributed by atoms with Crippen molar-refractivity contribution in [3.05, 3.63) is 23.9 Å². The summed E-state index contributed by atoms with van der Waals surface area (Å²) in [6.07, 6.45) is 1.14. The first-order valence-electron chi connectivity index (χ1n) is 5.04. The monoisotopic (exact) mass is 267 g/mol. The summed E-state index contributed by atoms with van der Waals surface area (Å²) in [5.41, 5.74) is -0.138. The van der Waals surface area contributed by atoms with Gasteiger partial charge in [-0.15, -0.1) is 0 Å².